The average molecular weight is 279 g/mol. The van der Waals surface area contributed by atoms with Crippen LogP contribution in [0.5, 0.6) is 0 Å². The van der Waals surface area contributed by atoms with Crippen LogP contribution in [0.4, 0.5) is 0 Å². The third-order valence-electron chi connectivity index (χ3n) is 2.54. The van der Waals surface area contributed by atoms with Crippen LogP contribution in [0, 0.1) is 0 Å². The summed E-state index contributed by atoms with van der Waals surface area (Å²) in [6, 6.07) is 3.76. The number of hydrogen-bond acceptors (Lipinski definition) is 5. The van der Waals surface area contributed by atoms with Crippen molar-refractivity contribution in [3.05, 3.63) is 29.6 Å². The molecule has 0 aliphatic rings. The zero-order valence-electron chi connectivity index (χ0n) is 11.8. The molecule has 0 aromatic carbocycles. The Kier molecular flexibility index (Phi) is 6.45. The van der Waals surface area contributed by atoms with Gasteiger partial charge in [-0.05, 0) is 25.5 Å². The van der Waals surface area contributed by atoms with Gasteiger partial charge in [-0.15, -0.1) is 0 Å². The highest BCUT2D eigenvalue weighted by Gasteiger charge is 2.08. The van der Waals surface area contributed by atoms with Crippen LogP contribution in [0.25, 0.3) is 0 Å². The van der Waals surface area contributed by atoms with Gasteiger partial charge in [0.1, 0.15) is 5.69 Å². The molecule has 20 heavy (non-hydrogen) atoms. The monoisotopic (exact) mass is 279 g/mol. The number of carbonyl (C=O) groups excluding carboxylic acids is 1. The maximum Gasteiger partial charge on any atom is 0.221 e. The second-order valence-electron chi connectivity index (χ2n) is 4.65. The lowest BCUT2D eigenvalue weighted by Gasteiger charge is -2.10. The number of aromatic nitrogens is 1. The van der Waals surface area contributed by atoms with Gasteiger partial charge in [0.15, 0.2) is 5.84 Å². The van der Waals surface area contributed by atoms with E-state index in [1.54, 1.807) is 12.3 Å². The molecule has 0 fully saturated rings. The smallest absolute Gasteiger partial charge is 0.221 e. The fourth-order valence-electron chi connectivity index (χ4n) is 1.68. The van der Waals surface area contributed by atoms with E-state index in [4.69, 9.17) is 10.9 Å². The van der Waals surface area contributed by atoms with Crippen LogP contribution in [0.15, 0.2) is 23.5 Å². The van der Waals surface area contributed by atoms with Crippen molar-refractivity contribution >= 4 is 11.7 Å². The Labute approximate surface area is 118 Å². The van der Waals surface area contributed by atoms with Gasteiger partial charge in [0.25, 0.3) is 0 Å². The van der Waals surface area contributed by atoms with E-state index in [9.17, 15) is 4.79 Å². The van der Waals surface area contributed by atoms with Gasteiger partial charge in [0, 0.05) is 31.7 Å². The molecule has 1 amide bonds. The molecule has 7 heteroatoms. The van der Waals surface area contributed by atoms with Crippen LogP contribution >= 0.6 is 0 Å². The molecule has 0 saturated carbocycles. The van der Waals surface area contributed by atoms with Gasteiger partial charge in [-0.3, -0.25) is 9.78 Å². The molecule has 0 aliphatic heterocycles. The third kappa shape index (κ3) is 5.23. The Morgan fingerprint density at radius 2 is 2.30 bits per heavy atom. The lowest BCUT2D eigenvalue weighted by atomic mass is 10.2. The predicted molar refractivity (Wildman–Crippen MR) is 76.4 cm³/mol. The molecule has 1 heterocycles. The molecule has 0 bridgehead atoms. The van der Waals surface area contributed by atoms with E-state index in [0.29, 0.717) is 25.2 Å². The summed E-state index contributed by atoms with van der Waals surface area (Å²) in [4.78, 5) is 15.5. The van der Waals surface area contributed by atoms with E-state index in [1.807, 2.05) is 19.9 Å². The number of rotatable bonds is 7. The highest BCUT2D eigenvalue weighted by Crippen LogP contribution is 2.04. The number of oxime groups is 1. The Morgan fingerprint density at radius 3 is 2.95 bits per heavy atom. The number of nitrogens with two attached hydrogens (primary N) is 1. The van der Waals surface area contributed by atoms with Crippen molar-refractivity contribution in [2.75, 3.05) is 6.54 Å². The molecule has 1 rings (SSSR count). The maximum absolute atomic E-state index is 11.5. The lowest BCUT2D eigenvalue weighted by Crippen LogP contribution is -2.32. The minimum atomic E-state index is -0.0278. The number of amidine groups is 1. The zero-order valence-corrected chi connectivity index (χ0v) is 11.8. The average Bonchev–Trinajstić information content (AvgIpc) is 2.42. The number of nitrogens with zero attached hydrogens (tertiary/aromatic N) is 2. The van der Waals surface area contributed by atoms with Crippen molar-refractivity contribution in [2.45, 2.75) is 32.9 Å². The number of carbonyl (C=O) groups is 1. The van der Waals surface area contributed by atoms with Crippen LogP contribution < -0.4 is 16.4 Å². The quantitative estimate of drug-likeness (QED) is 0.187. The summed E-state index contributed by atoms with van der Waals surface area (Å²) in [6.45, 7) is 4.88. The van der Waals surface area contributed by atoms with Gasteiger partial charge in [-0.25, -0.2) is 0 Å². The van der Waals surface area contributed by atoms with Crippen LogP contribution in [-0.4, -0.2) is 34.5 Å². The van der Waals surface area contributed by atoms with E-state index >= 15 is 0 Å². The Bertz CT molecular complexity index is 474. The SMILES string of the molecule is CC(C)NC(=O)CCNCc1cccnc1/C(N)=N/O. The predicted octanol–water partition coefficient (Wildman–Crippen LogP) is 0.180. The van der Waals surface area contributed by atoms with Gasteiger partial charge in [-0.2, -0.15) is 0 Å². The van der Waals surface area contributed by atoms with E-state index in [2.05, 4.69) is 20.8 Å². The van der Waals surface area contributed by atoms with E-state index in [0.717, 1.165) is 5.56 Å². The Balaban J connectivity index is 2.45. The summed E-state index contributed by atoms with van der Waals surface area (Å²) < 4.78 is 0. The topological polar surface area (TPSA) is 113 Å². The number of pyridine rings is 1. The molecule has 1 aromatic heterocycles. The fraction of sp³-hybridized carbons (Fsp3) is 0.462. The largest absolute Gasteiger partial charge is 0.409 e. The minimum absolute atomic E-state index is 0.00958. The van der Waals surface area contributed by atoms with Crippen LogP contribution in [0.1, 0.15) is 31.5 Å². The molecule has 0 spiro atoms. The molecule has 0 unspecified atom stereocenters. The summed E-state index contributed by atoms with van der Waals surface area (Å²) >= 11 is 0. The second-order valence-corrected chi connectivity index (χ2v) is 4.65. The van der Waals surface area contributed by atoms with Crippen LogP contribution in [0.2, 0.25) is 0 Å². The van der Waals surface area contributed by atoms with Crippen molar-refractivity contribution in [2.24, 2.45) is 10.9 Å². The van der Waals surface area contributed by atoms with Crippen molar-refractivity contribution in [3.8, 4) is 0 Å². The number of amides is 1. The summed E-state index contributed by atoms with van der Waals surface area (Å²) in [5.41, 5.74) is 6.80. The lowest BCUT2D eigenvalue weighted by molar-refractivity contribution is -0.121. The highest BCUT2D eigenvalue weighted by atomic mass is 16.4. The molecule has 0 saturated heterocycles. The number of hydrogen-bond donors (Lipinski definition) is 4. The second kappa shape index (κ2) is 8.11. The van der Waals surface area contributed by atoms with Crippen molar-refractivity contribution < 1.29 is 10.0 Å². The minimum Gasteiger partial charge on any atom is -0.409 e. The van der Waals surface area contributed by atoms with Gasteiger partial charge in [0.2, 0.25) is 5.91 Å². The molecule has 0 aliphatic carbocycles. The summed E-state index contributed by atoms with van der Waals surface area (Å²) in [6.07, 6.45) is 1.98. The fourth-order valence-corrected chi connectivity index (χ4v) is 1.68. The standard InChI is InChI=1S/C13H21N5O2/c1-9(2)17-11(19)5-7-15-8-10-4-3-6-16-12(10)13(14)18-20/h3-4,6,9,15,20H,5,7-8H2,1-2H3,(H2,14,18)(H,17,19). The zero-order chi connectivity index (χ0) is 15.0. The first-order valence-corrected chi connectivity index (χ1v) is 6.46. The third-order valence-corrected chi connectivity index (χ3v) is 2.54. The maximum atomic E-state index is 11.5. The highest BCUT2D eigenvalue weighted by molar-refractivity contribution is 5.96. The van der Waals surface area contributed by atoms with Crippen LogP contribution in [-0.2, 0) is 11.3 Å². The van der Waals surface area contributed by atoms with E-state index in [-0.39, 0.29) is 17.8 Å². The first-order valence-electron chi connectivity index (χ1n) is 6.46. The first kappa shape index (κ1) is 15.9. The molecule has 0 radical (unpaired) electrons. The number of nitrogens with one attached hydrogen (secondary N) is 2. The van der Waals surface area contributed by atoms with E-state index < -0.39 is 0 Å². The Morgan fingerprint density at radius 1 is 1.55 bits per heavy atom. The van der Waals surface area contributed by atoms with Crippen molar-refractivity contribution in [3.63, 3.8) is 0 Å². The van der Waals surface area contributed by atoms with Crippen molar-refractivity contribution in [1.29, 1.82) is 0 Å². The summed E-state index contributed by atoms with van der Waals surface area (Å²) in [7, 11) is 0. The Hall–Kier alpha value is -2.15. The molecular weight excluding hydrogens is 258 g/mol. The van der Waals surface area contributed by atoms with Gasteiger partial charge >= 0.3 is 0 Å². The molecule has 7 nitrogen and oxygen atoms in total. The molecular formula is C13H21N5O2. The molecule has 0 atom stereocenters. The van der Waals surface area contributed by atoms with Crippen molar-refractivity contribution in [1.82, 2.24) is 15.6 Å². The van der Waals surface area contributed by atoms with Gasteiger partial charge in [0.05, 0.1) is 0 Å². The van der Waals surface area contributed by atoms with E-state index in [1.165, 1.54) is 0 Å². The molecule has 1 aromatic rings. The molecule has 110 valence electrons. The normalized spacial score (nSPS) is 11.7. The van der Waals surface area contributed by atoms with Crippen LogP contribution in [0.3, 0.4) is 0 Å². The molecule has 5 N–H and O–H groups in total. The van der Waals surface area contributed by atoms with Gasteiger partial charge < -0.3 is 21.6 Å². The summed E-state index contributed by atoms with van der Waals surface area (Å²) in [5, 5.41) is 17.6. The first-order chi connectivity index (χ1) is 9.54. The summed E-state index contributed by atoms with van der Waals surface area (Å²) in [5.74, 6) is -0.0182. The van der Waals surface area contributed by atoms with Gasteiger partial charge in [-0.1, -0.05) is 11.2 Å².